The van der Waals surface area contributed by atoms with Crippen LogP contribution in [-0.4, -0.2) is 45.1 Å². The van der Waals surface area contributed by atoms with Gasteiger partial charge in [0.15, 0.2) is 0 Å². The molecule has 1 aliphatic heterocycles. The molecule has 24 heavy (non-hydrogen) atoms. The first kappa shape index (κ1) is 18.6. The highest BCUT2D eigenvalue weighted by Gasteiger charge is 2.52. The van der Waals surface area contributed by atoms with Gasteiger partial charge in [-0.2, -0.15) is 0 Å². The first-order valence-corrected chi connectivity index (χ1v) is 7.95. The number of methoxy groups -OCH3 is 2. The van der Waals surface area contributed by atoms with Gasteiger partial charge in [0.2, 0.25) is 0 Å². The van der Waals surface area contributed by atoms with Crippen LogP contribution in [0.4, 0.5) is 0 Å². The van der Waals surface area contributed by atoms with E-state index in [0.29, 0.717) is 18.1 Å². The molecule has 0 aromatic heterocycles. The maximum atomic E-state index is 12.1. The van der Waals surface area contributed by atoms with Gasteiger partial charge < -0.3 is 23.5 Å². The summed E-state index contributed by atoms with van der Waals surface area (Å²) in [6.45, 7) is 10.2. The minimum atomic E-state index is -0.574. The van der Waals surface area contributed by atoms with Gasteiger partial charge >= 0.3 is 13.1 Å². The van der Waals surface area contributed by atoms with E-state index in [-0.39, 0.29) is 5.56 Å². The van der Waals surface area contributed by atoms with E-state index in [0.717, 1.165) is 5.46 Å². The van der Waals surface area contributed by atoms with Crippen molar-refractivity contribution in [1.29, 1.82) is 0 Å². The highest BCUT2D eigenvalue weighted by atomic mass is 16.7. The van der Waals surface area contributed by atoms with Crippen molar-refractivity contribution in [1.82, 2.24) is 0 Å². The predicted octanol–water partition coefficient (Wildman–Crippen LogP) is 2.18. The first-order valence-electron chi connectivity index (χ1n) is 7.95. The zero-order chi connectivity index (χ0) is 18.1. The molecule has 7 heteroatoms. The van der Waals surface area contributed by atoms with Crippen molar-refractivity contribution >= 4 is 18.6 Å². The molecule has 132 valence electrons. The van der Waals surface area contributed by atoms with E-state index in [2.05, 4.69) is 0 Å². The molecule has 0 spiro atoms. The van der Waals surface area contributed by atoms with E-state index < -0.39 is 24.3 Å². The van der Waals surface area contributed by atoms with Crippen LogP contribution in [0.15, 0.2) is 12.1 Å². The van der Waals surface area contributed by atoms with Crippen LogP contribution >= 0.6 is 0 Å². The zero-order valence-electron chi connectivity index (χ0n) is 15.4. The summed E-state index contributed by atoms with van der Waals surface area (Å²) < 4.78 is 27.9. The van der Waals surface area contributed by atoms with Crippen molar-refractivity contribution in [2.24, 2.45) is 0 Å². The molecule has 0 aliphatic carbocycles. The molecule has 0 amide bonds. The van der Waals surface area contributed by atoms with E-state index in [1.165, 1.54) is 14.2 Å². The lowest BCUT2D eigenvalue weighted by Gasteiger charge is -2.32. The molecule has 2 rings (SSSR count). The van der Waals surface area contributed by atoms with Crippen LogP contribution in [-0.2, 0) is 14.0 Å². The maximum Gasteiger partial charge on any atom is 0.495 e. The van der Waals surface area contributed by atoms with E-state index >= 15 is 0 Å². The number of hydrogen-bond donors (Lipinski definition) is 0. The molecule has 0 saturated carbocycles. The van der Waals surface area contributed by atoms with Gasteiger partial charge in [-0.3, -0.25) is 0 Å². The average Bonchev–Trinajstić information content (AvgIpc) is 2.74. The fraction of sp³-hybridized carbons (Fsp3) is 0.588. The van der Waals surface area contributed by atoms with Crippen molar-refractivity contribution in [3.05, 3.63) is 17.7 Å². The van der Waals surface area contributed by atoms with E-state index in [1.54, 1.807) is 12.1 Å². The third-order valence-electron chi connectivity index (χ3n) is 4.52. The lowest BCUT2D eigenvalue weighted by Crippen LogP contribution is -2.41. The molecule has 1 fully saturated rings. The number of benzene rings is 1. The normalized spacial score (nSPS) is 18.4. The summed E-state index contributed by atoms with van der Waals surface area (Å²) >= 11 is 0. The van der Waals surface area contributed by atoms with Crippen LogP contribution in [0.5, 0.6) is 11.5 Å². The second-order valence-corrected chi connectivity index (χ2v) is 6.61. The van der Waals surface area contributed by atoms with Crippen molar-refractivity contribution in [3.8, 4) is 11.5 Å². The second kappa shape index (κ2) is 6.65. The third-order valence-corrected chi connectivity index (χ3v) is 4.52. The van der Waals surface area contributed by atoms with Gasteiger partial charge in [0.05, 0.1) is 32.0 Å². The van der Waals surface area contributed by atoms with Crippen LogP contribution in [0, 0.1) is 0 Å². The number of hydrogen-bond acceptors (Lipinski definition) is 6. The minimum absolute atomic E-state index is 0.252. The summed E-state index contributed by atoms with van der Waals surface area (Å²) in [6.07, 6.45) is 0. The molecular formula is C17H25BO6. The molecule has 1 aliphatic rings. The minimum Gasteiger partial charge on any atom is -0.496 e. The van der Waals surface area contributed by atoms with E-state index in [1.807, 2.05) is 34.6 Å². The number of ether oxygens (including phenoxy) is 3. The van der Waals surface area contributed by atoms with Crippen LogP contribution in [0.1, 0.15) is 45.0 Å². The van der Waals surface area contributed by atoms with Gasteiger partial charge in [-0.15, -0.1) is 0 Å². The molecule has 0 unspecified atom stereocenters. The van der Waals surface area contributed by atoms with Gasteiger partial charge in [-0.05, 0) is 52.2 Å². The summed E-state index contributed by atoms with van der Waals surface area (Å²) in [7, 11) is 2.24. The molecular weight excluding hydrogens is 311 g/mol. The average molecular weight is 336 g/mol. The van der Waals surface area contributed by atoms with E-state index in [9.17, 15) is 4.79 Å². The largest absolute Gasteiger partial charge is 0.496 e. The van der Waals surface area contributed by atoms with Crippen molar-refractivity contribution in [2.45, 2.75) is 45.8 Å². The summed E-state index contributed by atoms with van der Waals surface area (Å²) in [6, 6.07) is 3.46. The highest BCUT2D eigenvalue weighted by Crippen LogP contribution is 2.37. The predicted molar refractivity (Wildman–Crippen MR) is 91.2 cm³/mol. The quantitative estimate of drug-likeness (QED) is 0.607. The Morgan fingerprint density at radius 2 is 1.62 bits per heavy atom. The second-order valence-electron chi connectivity index (χ2n) is 6.61. The Bertz CT molecular complexity index is 610. The summed E-state index contributed by atoms with van der Waals surface area (Å²) in [5, 5.41) is 0. The SMILES string of the molecule is CCOc1cc(B2OC(C)(C)C(C)(C)O2)cc(OC)c1C(=O)OC. The smallest absolute Gasteiger partial charge is 0.495 e. The first-order chi connectivity index (χ1) is 11.2. The Hall–Kier alpha value is -1.73. The Morgan fingerprint density at radius 1 is 1.08 bits per heavy atom. The number of rotatable bonds is 5. The summed E-state index contributed by atoms with van der Waals surface area (Å²) in [4.78, 5) is 12.1. The Labute approximate surface area is 143 Å². The maximum absolute atomic E-state index is 12.1. The Morgan fingerprint density at radius 3 is 2.08 bits per heavy atom. The van der Waals surface area contributed by atoms with Crippen LogP contribution in [0.3, 0.4) is 0 Å². The monoisotopic (exact) mass is 336 g/mol. The summed E-state index contributed by atoms with van der Waals surface area (Å²) in [5.74, 6) is 0.224. The molecule has 0 bridgehead atoms. The summed E-state index contributed by atoms with van der Waals surface area (Å²) in [5.41, 5.74) is 0.0544. The van der Waals surface area contributed by atoms with Crippen LogP contribution in [0.2, 0.25) is 0 Å². The third kappa shape index (κ3) is 3.23. The standard InChI is InChI=1S/C17H25BO6/c1-8-22-13-10-11(9-12(20-6)14(13)15(19)21-7)18-23-16(2,3)17(4,5)24-18/h9-10H,8H2,1-7H3. The number of esters is 1. The zero-order valence-corrected chi connectivity index (χ0v) is 15.4. The van der Waals surface area contributed by atoms with Gasteiger partial charge in [0.25, 0.3) is 0 Å². The van der Waals surface area contributed by atoms with Gasteiger partial charge in [-0.25, -0.2) is 4.79 Å². The molecule has 1 aromatic rings. The van der Waals surface area contributed by atoms with E-state index in [4.69, 9.17) is 23.5 Å². The highest BCUT2D eigenvalue weighted by molar-refractivity contribution is 6.62. The fourth-order valence-electron chi connectivity index (χ4n) is 2.46. The topological polar surface area (TPSA) is 63.2 Å². The molecule has 0 N–H and O–H groups in total. The van der Waals surface area contributed by atoms with Gasteiger partial charge in [0.1, 0.15) is 17.1 Å². The molecule has 0 radical (unpaired) electrons. The molecule has 1 saturated heterocycles. The Balaban J connectivity index is 2.50. The molecule has 6 nitrogen and oxygen atoms in total. The van der Waals surface area contributed by atoms with Crippen molar-refractivity contribution in [2.75, 3.05) is 20.8 Å². The molecule has 1 heterocycles. The van der Waals surface area contributed by atoms with Crippen molar-refractivity contribution < 1.29 is 28.3 Å². The van der Waals surface area contributed by atoms with Crippen LogP contribution in [0.25, 0.3) is 0 Å². The lowest BCUT2D eigenvalue weighted by molar-refractivity contribution is 0.00578. The fourth-order valence-corrected chi connectivity index (χ4v) is 2.46. The van der Waals surface area contributed by atoms with Crippen molar-refractivity contribution in [3.63, 3.8) is 0 Å². The van der Waals surface area contributed by atoms with Crippen LogP contribution < -0.4 is 14.9 Å². The van der Waals surface area contributed by atoms with Gasteiger partial charge in [-0.1, -0.05) is 0 Å². The number of carbonyl (C=O) groups is 1. The lowest BCUT2D eigenvalue weighted by atomic mass is 9.78. The molecule has 1 aromatic carbocycles. The Kier molecular flexibility index (Phi) is 5.15. The molecule has 0 atom stereocenters. The van der Waals surface area contributed by atoms with Gasteiger partial charge in [0, 0.05) is 0 Å². The number of carbonyl (C=O) groups excluding carboxylic acids is 1.